The number of amides is 2. The number of nitrogens with zero attached hydrogens (tertiary/aromatic N) is 2. The molecule has 29 heavy (non-hydrogen) atoms. The Labute approximate surface area is 176 Å². The number of fused-ring (bicyclic) bond motifs is 1. The first-order valence-electron chi connectivity index (χ1n) is 10.8. The highest BCUT2D eigenvalue weighted by Crippen LogP contribution is 2.52. The minimum atomic E-state index is -3.26. The Balaban J connectivity index is 1.87. The van der Waals surface area contributed by atoms with E-state index in [0.29, 0.717) is 11.4 Å². The lowest BCUT2D eigenvalue weighted by molar-refractivity contribution is 0.113. The van der Waals surface area contributed by atoms with Gasteiger partial charge in [-0.25, -0.2) is 13.2 Å². The highest BCUT2D eigenvalue weighted by Gasteiger charge is 2.47. The molecule has 1 saturated heterocycles. The maximum Gasteiger partial charge on any atom is 0.319 e. The number of carbonyl (C=O) groups excluding carboxylic acids is 1. The van der Waals surface area contributed by atoms with Crippen molar-refractivity contribution in [2.24, 2.45) is 5.41 Å². The third kappa shape index (κ3) is 4.18. The molecule has 1 fully saturated rings. The van der Waals surface area contributed by atoms with Gasteiger partial charge in [0.2, 0.25) is 0 Å². The van der Waals surface area contributed by atoms with E-state index in [-0.39, 0.29) is 16.9 Å². The fraction of sp³-hybridized carbons (Fsp3) is 0.696. The number of carbonyl (C=O) groups is 1. The number of piperidine rings is 1. The quantitative estimate of drug-likeness (QED) is 0.732. The summed E-state index contributed by atoms with van der Waals surface area (Å²) in [7, 11) is -1.37. The van der Waals surface area contributed by atoms with Gasteiger partial charge in [-0.2, -0.15) is 0 Å². The molecule has 1 aromatic rings. The molecule has 2 aliphatic rings. The van der Waals surface area contributed by atoms with Gasteiger partial charge in [-0.15, -0.1) is 0 Å². The summed E-state index contributed by atoms with van der Waals surface area (Å²) in [6, 6.07) is 5.82. The molecular weight excluding hydrogens is 384 g/mol. The van der Waals surface area contributed by atoms with Crippen molar-refractivity contribution in [3.05, 3.63) is 29.3 Å². The number of hydrogen-bond acceptors (Lipinski definition) is 3. The maximum atomic E-state index is 12.8. The predicted octanol–water partition coefficient (Wildman–Crippen LogP) is 4.25. The molecule has 1 aliphatic heterocycles. The number of hydrogen-bond donors (Lipinski definition) is 0. The topological polar surface area (TPSA) is 57.7 Å². The van der Waals surface area contributed by atoms with Crippen molar-refractivity contribution in [2.75, 3.05) is 32.9 Å². The van der Waals surface area contributed by atoms with Gasteiger partial charge in [0, 0.05) is 32.9 Å². The molecule has 0 bridgehead atoms. The second-order valence-corrected chi connectivity index (χ2v) is 11.8. The Bertz CT molecular complexity index is 872. The van der Waals surface area contributed by atoms with E-state index in [1.54, 1.807) is 6.07 Å². The van der Waals surface area contributed by atoms with Crippen LogP contribution in [0.2, 0.25) is 0 Å². The monoisotopic (exact) mass is 420 g/mol. The van der Waals surface area contributed by atoms with Crippen molar-refractivity contribution in [1.82, 2.24) is 9.80 Å². The van der Waals surface area contributed by atoms with E-state index in [1.807, 2.05) is 22.9 Å². The Morgan fingerprint density at radius 3 is 2.41 bits per heavy atom. The van der Waals surface area contributed by atoms with Crippen molar-refractivity contribution >= 4 is 15.9 Å². The Morgan fingerprint density at radius 1 is 1.14 bits per heavy atom. The third-order valence-electron chi connectivity index (χ3n) is 7.52. The highest BCUT2D eigenvalue weighted by atomic mass is 32.2. The molecule has 162 valence electrons. The number of rotatable bonds is 4. The van der Waals surface area contributed by atoms with Crippen LogP contribution < -0.4 is 0 Å². The summed E-state index contributed by atoms with van der Waals surface area (Å²) in [5.74, 6) is 0. The summed E-state index contributed by atoms with van der Waals surface area (Å²) in [6.07, 6.45) is 7.22. The summed E-state index contributed by atoms with van der Waals surface area (Å²) < 4.78 is 24.7. The molecule has 1 aromatic carbocycles. The van der Waals surface area contributed by atoms with Gasteiger partial charge in [-0.05, 0) is 66.5 Å². The molecule has 0 N–H and O–H groups in total. The number of urea groups is 1. The van der Waals surface area contributed by atoms with Gasteiger partial charge in [0.25, 0.3) is 0 Å². The average molecular weight is 421 g/mol. The van der Waals surface area contributed by atoms with Crippen molar-refractivity contribution in [3.8, 4) is 0 Å². The predicted molar refractivity (Wildman–Crippen MR) is 117 cm³/mol. The average Bonchev–Trinajstić information content (AvgIpc) is 2.68. The molecule has 1 aliphatic carbocycles. The lowest BCUT2D eigenvalue weighted by Gasteiger charge is -2.50. The van der Waals surface area contributed by atoms with Gasteiger partial charge < -0.3 is 9.80 Å². The smallest absolute Gasteiger partial charge is 0.319 e. The van der Waals surface area contributed by atoms with E-state index in [9.17, 15) is 13.2 Å². The molecule has 0 radical (unpaired) electrons. The van der Waals surface area contributed by atoms with Gasteiger partial charge >= 0.3 is 6.03 Å². The van der Waals surface area contributed by atoms with Crippen LogP contribution in [-0.4, -0.2) is 57.2 Å². The third-order valence-corrected chi connectivity index (χ3v) is 8.70. The van der Waals surface area contributed by atoms with E-state index in [1.165, 1.54) is 12.7 Å². The van der Waals surface area contributed by atoms with Crippen LogP contribution in [0.1, 0.15) is 64.0 Å². The summed E-state index contributed by atoms with van der Waals surface area (Å²) >= 11 is 0. The molecule has 1 heterocycles. The fourth-order valence-electron chi connectivity index (χ4n) is 5.05. The summed E-state index contributed by atoms with van der Waals surface area (Å²) in [5, 5.41) is 0. The van der Waals surface area contributed by atoms with E-state index in [0.717, 1.165) is 56.3 Å². The van der Waals surface area contributed by atoms with Crippen LogP contribution >= 0.6 is 0 Å². The first-order chi connectivity index (χ1) is 13.5. The zero-order valence-electron chi connectivity index (χ0n) is 18.6. The normalized spacial score (nSPS) is 24.1. The van der Waals surface area contributed by atoms with Gasteiger partial charge in [-0.3, -0.25) is 0 Å². The van der Waals surface area contributed by atoms with Crippen molar-refractivity contribution < 1.29 is 13.2 Å². The van der Waals surface area contributed by atoms with E-state index in [4.69, 9.17) is 0 Å². The molecule has 1 atom stereocenters. The van der Waals surface area contributed by atoms with Gasteiger partial charge in [0.15, 0.2) is 9.84 Å². The first kappa shape index (κ1) is 22.1. The van der Waals surface area contributed by atoms with Crippen LogP contribution in [0.15, 0.2) is 23.1 Å². The van der Waals surface area contributed by atoms with Gasteiger partial charge in [-0.1, -0.05) is 32.9 Å². The van der Waals surface area contributed by atoms with Crippen molar-refractivity contribution in [1.29, 1.82) is 0 Å². The number of sulfone groups is 1. The summed E-state index contributed by atoms with van der Waals surface area (Å²) in [4.78, 5) is 17.1. The Kier molecular flexibility index (Phi) is 6.06. The van der Waals surface area contributed by atoms with Crippen LogP contribution in [0.4, 0.5) is 4.79 Å². The minimum Gasteiger partial charge on any atom is -0.328 e. The van der Waals surface area contributed by atoms with E-state index < -0.39 is 9.84 Å². The van der Waals surface area contributed by atoms with Crippen LogP contribution in [0.5, 0.6) is 0 Å². The van der Waals surface area contributed by atoms with Gasteiger partial charge in [0.05, 0.1) is 4.90 Å². The molecule has 0 spiro atoms. The molecule has 0 saturated carbocycles. The number of likely N-dealkylation sites (tertiary alicyclic amines) is 1. The first-order valence-corrected chi connectivity index (χ1v) is 12.7. The summed E-state index contributed by atoms with van der Waals surface area (Å²) in [6.45, 7) is 9.16. The largest absolute Gasteiger partial charge is 0.328 e. The lowest BCUT2D eigenvalue weighted by Crippen LogP contribution is -2.48. The zero-order chi connectivity index (χ0) is 21.4. The molecule has 3 rings (SSSR count). The maximum absolute atomic E-state index is 12.8. The SMILES string of the molecule is CN(CC[C@@]1(C)c2cccc(S(C)(=O)=O)c2CCC1(C)C)C(=O)N1CCCCC1. The molecule has 0 unspecified atom stereocenters. The molecule has 2 amide bonds. The lowest BCUT2D eigenvalue weighted by atomic mass is 9.55. The molecule has 0 aromatic heterocycles. The number of benzene rings is 1. The van der Waals surface area contributed by atoms with E-state index in [2.05, 4.69) is 26.8 Å². The second-order valence-electron chi connectivity index (χ2n) is 9.77. The van der Waals surface area contributed by atoms with Crippen LogP contribution in [0.25, 0.3) is 0 Å². The Morgan fingerprint density at radius 2 is 1.79 bits per heavy atom. The van der Waals surface area contributed by atoms with E-state index >= 15 is 0 Å². The minimum absolute atomic E-state index is 0.0190. The second kappa shape index (κ2) is 7.93. The van der Waals surface area contributed by atoms with Gasteiger partial charge in [0.1, 0.15) is 0 Å². The van der Waals surface area contributed by atoms with Crippen molar-refractivity contribution in [2.45, 2.75) is 69.6 Å². The standard InChI is InChI=1S/C23H36N2O3S/c1-22(2)13-12-18-19(10-9-11-20(18)29(5,27)28)23(22,3)14-17-24(4)21(26)25-15-7-6-8-16-25/h9-11H,6-8,12-17H2,1-5H3/t23-/m0/s1. The molecular formula is C23H36N2O3S. The summed E-state index contributed by atoms with van der Waals surface area (Å²) in [5.41, 5.74) is 1.93. The van der Waals surface area contributed by atoms with Crippen LogP contribution in [-0.2, 0) is 21.7 Å². The zero-order valence-corrected chi connectivity index (χ0v) is 19.4. The Hall–Kier alpha value is -1.56. The molecule has 6 heteroatoms. The van der Waals surface area contributed by atoms with Crippen molar-refractivity contribution in [3.63, 3.8) is 0 Å². The van der Waals surface area contributed by atoms with Crippen LogP contribution in [0, 0.1) is 5.41 Å². The molecule has 5 nitrogen and oxygen atoms in total. The van der Waals surface area contributed by atoms with Crippen LogP contribution in [0.3, 0.4) is 0 Å². The fourth-order valence-corrected chi connectivity index (χ4v) is 6.04. The highest BCUT2D eigenvalue weighted by molar-refractivity contribution is 7.90.